The Morgan fingerprint density at radius 2 is 2.19 bits per heavy atom. The summed E-state index contributed by atoms with van der Waals surface area (Å²) in [6.45, 7) is 0. The standard InChI is InChI=1S/C20H22ClN3OS/c21-19-9-8-18(26-19)17-11-16(14-2-1-3-15(14)24-17)23-13-6-4-12(5-7-13)10-20(22)25/h4,6,9,11,18H,1-3,5,7-8,10H2,(H2,22,25)(H,23,24). The van der Waals surface area contributed by atoms with Gasteiger partial charge in [0.25, 0.3) is 0 Å². The molecule has 2 aliphatic carbocycles. The van der Waals surface area contributed by atoms with Crippen molar-refractivity contribution in [1.29, 1.82) is 0 Å². The van der Waals surface area contributed by atoms with E-state index in [1.165, 1.54) is 29.1 Å². The smallest absolute Gasteiger partial charge is 0.221 e. The maximum atomic E-state index is 11.1. The first-order valence-corrected chi connectivity index (χ1v) is 10.3. The van der Waals surface area contributed by atoms with Crippen LogP contribution >= 0.6 is 23.4 Å². The largest absolute Gasteiger partial charge is 0.369 e. The number of pyridine rings is 1. The van der Waals surface area contributed by atoms with E-state index in [1.54, 1.807) is 11.8 Å². The van der Waals surface area contributed by atoms with Crippen molar-refractivity contribution >= 4 is 35.0 Å². The zero-order chi connectivity index (χ0) is 18.1. The highest BCUT2D eigenvalue weighted by Gasteiger charge is 2.25. The van der Waals surface area contributed by atoms with E-state index in [0.29, 0.717) is 11.7 Å². The van der Waals surface area contributed by atoms with Crippen molar-refractivity contribution in [3.63, 3.8) is 0 Å². The molecule has 0 bridgehead atoms. The zero-order valence-electron chi connectivity index (χ0n) is 14.6. The third kappa shape index (κ3) is 3.84. The zero-order valence-corrected chi connectivity index (χ0v) is 16.1. The SMILES string of the molecule is NC(=O)CC1=CC=C(Nc2cc(C3CC=C(Cl)S3)nc3c2CCC3)CC1. The number of hydrogen-bond donors (Lipinski definition) is 2. The summed E-state index contributed by atoms with van der Waals surface area (Å²) in [4.78, 5) is 16.0. The third-order valence-electron chi connectivity index (χ3n) is 5.08. The molecule has 26 heavy (non-hydrogen) atoms. The van der Waals surface area contributed by atoms with Crippen LogP contribution < -0.4 is 11.1 Å². The first-order chi connectivity index (χ1) is 12.6. The van der Waals surface area contributed by atoms with Crippen LogP contribution in [-0.2, 0) is 17.6 Å². The average molecular weight is 388 g/mol. The number of hydrogen-bond acceptors (Lipinski definition) is 4. The van der Waals surface area contributed by atoms with Gasteiger partial charge in [0, 0.05) is 23.5 Å². The number of aromatic nitrogens is 1. The molecule has 1 unspecified atom stereocenters. The van der Waals surface area contributed by atoms with Crippen LogP contribution in [0.3, 0.4) is 0 Å². The number of carbonyl (C=O) groups excluding carboxylic acids is 1. The van der Waals surface area contributed by atoms with E-state index in [9.17, 15) is 4.79 Å². The van der Waals surface area contributed by atoms with Gasteiger partial charge in [-0.15, -0.1) is 11.8 Å². The van der Waals surface area contributed by atoms with Gasteiger partial charge in [-0.2, -0.15) is 0 Å². The van der Waals surface area contributed by atoms with E-state index in [0.717, 1.165) is 47.7 Å². The minimum Gasteiger partial charge on any atom is -0.369 e. The number of halogens is 1. The Labute approximate surface area is 163 Å². The van der Waals surface area contributed by atoms with Gasteiger partial charge in [0.05, 0.1) is 15.3 Å². The van der Waals surface area contributed by atoms with Crippen LogP contribution in [-0.4, -0.2) is 10.9 Å². The second-order valence-electron chi connectivity index (χ2n) is 7.01. The van der Waals surface area contributed by atoms with Gasteiger partial charge in [0.2, 0.25) is 5.91 Å². The van der Waals surface area contributed by atoms with E-state index in [-0.39, 0.29) is 5.91 Å². The topological polar surface area (TPSA) is 68.0 Å². The molecule has 136 valence electrons. The van der Waals surface area contributed by atoms with Gasteiger partial charge >= 0.3 is 0 Å². The number of anilines is 1. The Balaban J connectivity index is 1.57. The number of thioether (sulfide) groups is 1. The van der Waals surface area contributed by atoms with Gasteiger partial charge in [0.15, 0.2) is 0 Å². The monoisotopic (exact) mass is 387 g/mol. The van der Waals surface area contributed by atoms with Crippen molar-refractivity contribution in [3.8, 4) is 0 Å². The van der Waals surface area contributed by atoms with Crippen molar-refractivity contribution in [3.05, 3.63) is 56.9 Å². The first-order valence-electron chi connectivity index (χ1n) is 9.07. The number of primary amides is 1. The Morgan fingerprint density at radius 3 is 2.88 bits per heavy atom. The molecule has 2 heterocycles. The molecule has 6 heteroatoms. The highest BCUT2D eigenvalue weighted by molar-refractivity contribution is 8.05. The lowest BCUT2D eigenvalue weighted by Crippen LogP contribution is -2.13. The summed E-state index contributed by atoms with van der Waals surface area (Å²) in [7, 11) is 0. The lowest BCUT2D eigenvalue weighted by atomic mass is 9.99. The molecule has 0 aromatic carbocycles. The van der Waals surface area contributed by atoms with Crippen LogP contribution in [0.4, 0.5) is 5.69 Å². The minimum absolute atomic E-state index is 0.265. The number of fused-ring (bicyclic) bond motifs is 1. The molecule has 1 aliphatic heterocycles. The summed E-state index contributed by atoms with van der Waals surface area (Å²) >= 11 is 7.84. The molecule has 0 saturated carbocycles. The number of allylic oxidation sites excluding steroid dienone is 4. The number of nitrogens with two attached hydrogens (primary N) is 1. The van der Waals surface area contributed by atoms with E-state index < -0.39 is 0 Å². The number of nitrogens with one attached hydrogen (secondary N) is 1. The summed E-state index contributed by atoms with van der Waals surface area (Å²) in [6, 6.07) is 2.20. The molecule has 1 amide bonds. The fraction of sp³-hybridized carbons (Fsp3) is 0.400. The third-order valence-corrected chi connectivity index (χ3v) is 6.61. The molecule has 1 aromatic rings. The summed E-state index contributed by atoms with van der Waals surface area (Å²) < 4.78 is 0.869. The highest BCUT2D eigenvalue weighted by Crippen LogP contribution is 2.46. The van der Waals surface area contributed by atoms with Crippen LogP contribution in [0, 0.1) is 0 Å². The lowest BCUT2D eigenvalue weighted by Gasteiger charge is -2.20. The molecular weight excluding hydrogens is 366 g/mol. The molecule has 0 radical (unpaired) electrons. The Hall–Kier alpha value is -1.72. The number of aryl methyl sites for hydroxylation is 1. The Morgan fingerprint density at radius 1 is 1.31 bits per heavy atom. The summed E-state index contributed by atoms with van der Waals surface area (Å²) in [6.07, 6.45) is 12.5. The average Bonchev–Trinajstić information content (AvgIpc) is 3.25. The van der Waals surface area contributed by atoms with E-state index in [1.807, 2.05) is 6.08 Å². The summed E-state index contributed by atoms with van der Waals surface area (Å²) in [5.41, 5.74) is 12.5. The molecule has 0 fully saturated rings. The van der Waals surface area contributed by atoms with Crippen molar-refractivity contribution < 1.29 is 4.79 Å². The fourth-order valence-electron chi connectivity index (χ4n) is 3.78. The molecule has 3 N–H and O–H groups in total. The molecule has 4 rings (SSSR count). The van der Waals surface area contributed by atoms with Crippen molar-refractivity contribution in [2.45, 2.75) is 50.2 Å². The van der Waals surface area contributed by atoms with Gasteiger partial charge < -0.3 is 11.1 Å². The van der Waals surface area contributed by atoms with E-state index in [4.69, 9.17) is 22.3 Å². The predicted molar refractivity (Wildman–Crippen MR) is 108 cm³/mol. The van der Waals surface area contributed by atoms with Gasteiger partial charge in [-0.05, 0) is 56.2 Å². The number of amides is 1. The normalized spacial score (nSPS) is 21.7. The second kappa shape index (κ2) is 7.49. The van der Waals surface area contributed by atoms with Gasteiger partial charge in [0.1, 0.15) is 0 Å². The summed E-state index contributed by atoms with van der Waals surface area (Å²) in [5.74, 6) is -0.265. The van der Waals surface area contributed by atoms with Gasteiger partial charge in [-0.25, -0.2) is 0 Å². The summed E-state index contributed by atoms with van der Waals surface area (Å²) in [5, 5.41) is 3.95. The van der Waals surface area contributed by atoms with Gasteiger partial charge in [-0.3, -0.25) is 9.78 Å². The number of carbonyl (C=O) groups is 1. The maximum Gasteiger partial charge on any atom is 0.221 e. The highest BCUT2D eigenvalue weighted by atomic mass is 35.5. The molecule has 4 nitrogen and oxygen atoms in total. The first kappa shape index (κ1) is 17.7. The molecular formula is C20H22ClN3OS. The van der Waals surface area contributed by atoms with Crippen LogP contribution in [0.5, 0.6) is 0 Å². The Kier molecular flexibility index (Phi) is 5.09. The second-order valence-corrected chi connectivity index (χ2v) is 8.88. The molecule has 0 spiro atoms. The maximum absolute atomic E-state index is 11.1. The Bertz CT molecular complexity index is 844. The van der Waals surface area contributed by atoms with E-state index >= 15 is 0 Å². The van der Waals surface area contributed by atoms with Crippen molar-refractivity contribution in [2.24, 2.45) is 5.73 Å². The van der Waals surface area contributed by atoms with Crippen molar-refractivity contribution in [1.82, 2.24) is 4.98 Å². The number of rotatable bonds is 5. The quantitative estimate of drug-likeness (QED) is 0.767. The van der Waals surface area contributed by atoms with Crippen LogP contribution in [0.1, 0.15) is 54.3 Å². The van der Waals surface area contributed by atoms with Gasteiger partial charge in [-0.1, -0.05) is 29.3 Å². The molecule has 0 saturated heterocycles. The molecule has 1 aromatic heterocycles. The molecule has 3 aliphatic rings. The van der Waals surface area contributed by atoms with Crippen LogP contribution in [0.25, 0.3) is 0 Å². The van der Waals surface area contributed by atoms with E-state index in [2.05, 4.69) is 23.5 Å². The van der Waals surface area contributed by atoms with Crippen LogP contribution in [0.15, 0.2) is 39.9 Å². The molecule has 1 atom stereocenters. The fourth-order valence-corrected chi connectivity index (χ4v) is 5.09. The lowest BCUT2D eigenvalue weighted by molar-refractivity contribution is -0.117. The minimum atomic E-state index is -0.265. The van der Waals surface area contributed by atoms with Crippen LogP contribution in [0.2, 0.25) is 0 Å². The predicted octanol–water partition coefficient (Wildman–Crippen LogP) is 4.72. The number of nitrogens with zero attached hydrogens (tertiary/aromatic N) is 1. The van der Waals surface area contributed by atoms with Crippen molar-refractivity contribution in [2.75, 3.05) is 5.32 Å².